The first-order valence-electron chi connectivity index (χ1n) is 13.9. The molecule has 0 aromatic carbocycles. The van der Waals surface area contributed by atoms with Crippen molar-refractivity contribution in [1.82, 2.24) is 30.4 Å². The third-order valence-electron chi connectivity index (χ3n) is 8.61. The first-order valence-corrected chi connectivity index (χ1v) is 13.9. The molecular formula is C27H27F7N6O3. The van der Waals surface area contributed by atoms with Crippen LogP contribution in [0.3, 0.4) is 0 Å². The molecule has 1 saturated heterocycles. The second kappa shape index (κ2) is 10.5. The summed E-state index contributed by atoms with van der Waals surface area (Å²) in [5, 5.41) is 13.1. The molecule has 0 spiro atoms. The first kappa shape index (κ1) is 29.4. The van der Waals surface area contributed by atoms with E-state index in [0.717, 1.165) is 6.26 Å². The number of nitrogens with zero attached hydrogens (tertiary/aromatic N) is 4. The number of piperidine rings is 1. The molecule has 9 nitrogen and oxygen atoms in total. The molecule has 6 rings (SSSR count). The van der Waals surface area contributed by atoms with Crippen molar-refractivity contribution in [1.29, 1.82) is 0 Å². The predicted molar refractivity (Wildman–Crippen MR) is 133 cm³/mol. The van der Waals surface area contributed by atoms with Gasteiger partial charge in [-0.1, -0.05) is 5.16 Å². The van der Waals surface area contributed by atoms with E-state index in [4.69, 9.17) is 4.52 Å². The van der Waals surface area contributed by atoms with Crippen LogP contribution in [0.5, 0.6) is 0 Å². The Hall–Kier alpha value is -3.72. The molecule has 2 amide bonds. The van der Waals surface area contributed by atoms with Crippen molar-refractivity contribution < 1.29 is 44.8 Å². The smallest absolute Gasteiger partial charge is 0.364 e. The second-order valence-electron chi connectivity index (χ2n) is 11.7. The number of hydrogen-bond donors (Lipinski definition) is 2. The van der Waals surface area contributed by atoms with Crippen LogP contribution in [-0.4, -0.2) is 56.1 Å². The molecule has 43 heavy (non-hydrogen) atoms. The molecule has 2 saturated carbocycles. The predicted octanol–water partition coefficient (Wildman–Crippen LogP) is 4.99. The van der Waals surface area contributed by atoms with Crippen LogP contribution in [-0.2, 0) is 11.2 Å². The van der Waals surface area contributed by atoms with Gasteiger partial charge < -0.3 is 15.2 Å². The molecule has 3 aliphatic rings. The number of imidazole rings is 1. The quantitative estimate of drug-likeness (QED) is 0.362. The SMILES string of the molecule is O=C(N[C@H](c1cn2nc(CC3C[C@@H](C(F)(F)F)CNC3=O)ccc2n1)C1CCC(F)(F)CC1)c1conc1C1CC1(F)F. The molecule has 3 fully saturated rings. The maximum absolute atomic E-state index is 14.0. The number of alkyl halides is 7. The number of halogens is 7. The van der Waals surface area contributed by atoms with Crippen molar-refractivity contribution in [3.05, 3.63) is 47.2 Å². The highest BCUT2D eigenvalue weighted by Gasteiger charge is 2.60. The van der Waals surface area contributed by atoms with Gasteiger partial charge in [-0.25, -0.2) is 27.1 Å². The van der Waals surface area contributed by atoms with Crippen molar-refractivity contribution in [2.45, 2.75) is 74.9 Å². The first-order chi connectivity index (χ1) is 20.2. The normalized spacial score (nSPS) is 26.2. The number of carbonyl (C=O) groups is 2. The van der Waals surface area contributed by atoms with Crippen LogP contribution in [0.15, 0.2) is 29.1 Å². The molecule has 2 aliphatic carbocycles. The van der Waals surface area contributed by atoms with Gasteiger partial charge in [-0.15, -0.1) is 0 Å². The number of nitrogens with one attached hydrogen (secondary N) is 2. The van der Waals surface area contributed by atoms with Crippen molar-refractivity contribution in [2.24, 2.45) is 17.8 Å². The monoisotopic (exact) mass is 616 g/mol. The lowest BCUT2D eigenvalue weighted by Gasteiger charge is -2.33. The van der Waals surface area contributed by atoms with Crippen molar-refractivity contribution in [3.63, 3.8) is 0 Å². The number of fused-ring (bicyclic) bond motifs is 1. The van der Waals surface area contributed by atoms with Gasteiger partial charge in [0.25, 0.3) is 11.8 Å². The molecular weight excluding hydrogens is 589 g/mol. The number of aromatic nitrogens is 4. The largest absolute Gasteiger partial charge is 0.393 e. The molecule has 0 bridgehead atoms. The second-order valence-corrected chi connectivity index (χ2v) is 11.7. The summed E-state index contributed by atoms with van der Waals surface area (Å²) in [7, 11) is 0. The minimum absolute atomic E-state index is 0.0538. The van der Waals surface area contributed by atoms with Gasteiger partial charge in [0.2, 0.25) is 11.8 Å². The molecule has 16 heteroatoms. The summed E-state index contributed by atoms with van der Waals surface area (Å²) in [6.07, 6.45) is -3.61. The Morgan fingerprint density at radius 1 is 1.19 bits per heavy atom. The number of rotatable bonds is 7. The maximum Gasteiger partial charge on any atom is 0.393 e. The van der Waals surface area contributed by atoms with Gasteiger partial charge in [0.05, 0.1) is 35.5 Å². The van der Waals surface area contributed by atoms with E-state index >= 15 is 0 Å². The molecule has 2 N–H and O–H groups in total. The summed E-state index contributed by atoms with van der Waals surface area (Å²) in [5.41, 5.74) is 0.550. The molecule has 0 radical (unpaired) electrons. The molecule has 232 valence electrons. The Morgan fingerprint density at radius 3 is 2.58 bits per heavy atom. The molecule has 3 aromatic rings. The van der Waals surface area contributed by atoms with Crippen LogP contribution in [0.4, 0.5) is 30.7 Å². The van der Waals surface area contributed by atoms with Crippen LogP contribution in [0, 0.1) is 17.8 Å². The summed E-state index contributed by atoms with van der Waals surface area (Å²) >= 11 is 0. The Balaban J connectivity index is 1.25. The van der Waals surface area contributed by atoms with E-state index in [1.165, 1.54) is 16.8 Å². The molecule has 3 aromatic heterocycles. The Labute approximate surface area is 239 Å². The van der Waals surface area contributed by atoms with E-state index in [9.17, 15) is 40.3 Å². The van der Waals surface area contributed by atoms with E-state index < -0.39 is 85.4 Å². The summed E-state index contributed by atoms with van der Waals surface area (Å²) in [4.78, 5) is 30.1. The van der Waals surface area contributed by atoms with E-state index in [-0.39, 0.29) is 42.6 Å². The average molecular weight is 617 g/mol. The van der Waals surface area contributed by atoms with Crippen LogP contribution >= 0.6 is 0 Å². The average Bonchev–Trinajstić information content (AvgIpc) is 3.27. The standard InChI is InChI=1S/C27H27F7N6O3/c28-25(29)5-3-13(4-6-25)21(37-24(42)17-12-43-39-22(17)18-9-26(18,30)31)19-11-40-20(36-19)2-1-16(38-40)8-14-7-15(27(32,33)34)10-35-23(14)41/h1-2,11-15,18,21H,3-10H2,(H,35,41)(H,37,42)/t14?,15-,18?,21+/m1/s1. The highest BCUT2D eigenvalue weighted by Crippen LogP contribution is 2.56. The zero-order chi connectivity index (χ0) is 30.7. The molecule has 4 atom stereocenters. The number of hydrogen-bond acceptors (Lipinski definition) is 6. The molecule has 2 unspecified atom stereocenters. The fraction of sp³-hybridized carbons (Fsp3) is 0.593. The summed E-state index contributed by atoms with van der Waals surface area (Å²) in [6.45, 7) is -0.476. The van der Waals surface area contributed by atoms with Crippen LogP contribution < -0.4 is 10.6 Å². The van der Waals surface area contributed by atoms with Gasteiger partial charge in [0.15, 0.2) is 5.65 Å². The Morgan fingerprint density at radius 2 is 1.91 bits per heavy atom. The van der Waals surface area contributed by atoms with Crippen molar-refractivity contribution in [2.75, 3.05) is 6.54 Å². The highest BCUT2D eigenvalue weighted by molar-refractivity contribution is 5.95. The minimum atomic E-state index is -4.45. The van der Waals surface area contributed by atoms with Crippen LogP contribution in [0.2, 0.25) is 0 Å². The number of amides is 2. The third kappa shape index (κ3) is 6.05. The molecule has 1 aliphatic heterocycles. The van der Waals surface area contributed by atoms with Gasteiger partial charge in [0, 0.05) is 38.1 Å². The Kier molecular flexibility index (Phi) is 7.15. The zero-order valence-corrected chi connectivity index (χ0v) is 22.5. The minimum Gasteiger partial charge on any atom is -0.364 e. The lowest BCUT2D eigenvalue weighted by Crippen LogP contribution is -2.47. The van der Waals surface area contributed by atoms with E-state index in [0.29, 0.717) is 11.3 Å². The number of carbonyl (C=O) groups excluding carboxylic acids is 2. The third-order valence-corrected chi connectivity index (χ3v) is 8.61. The van der Waals surface area contributed by atoms with E-state index in [1.807, 2.05) is 0 Å². The van der Waals surface area contributed by atoms with Gasteiger partial charge in [-0.3, -0.25) is 9.59 Å². The van der Waals surface area contributed by atoms with Crippen molar-refractivity contribution >= 4 is 17.5 Å². The summed E-state index contributed by atoms with van der Waals surface area (Å²) in [6, 6.07) is 2.19. The van der Waals surface area contributed by atoms with Crippen molar-refractivity contribution in [3.8, 4) is 0 Å². The van der Waals surface area contributed by atoms with Gasteiger partial charge in [0.1, 0.15) is 17.5 Å². The fourth-order valence-electron chi connectivity index (χ4n) is 6.00. The molecule has 4 heterocycles. The Bertz CT molecular complexity index is 1530. The summed E-state index contributed by atoms with van der Waals surface area (Å²) in [5.74, 6) is -11.5. The maximum atomic E-state index is 14.0. The highest BCUT2D eigenvalue weighted by atomic mass is 19.4. The lowest BCUT2D eigenvalue weighted by atomic mass is 9.81. The van der Waals surface area contributed by atoms with Gasteiger partial charge in [-0.05, 0) is 37.3 Å². The lowest BCUT2D eigenvalue weighted by molar-refractivity contribution is -0.183. The topological polar surface area (TPSA) is 114 Å². The summed E-state index contributed by atoms with van der Waals surface area (Å²) < 4.78 is 101. The zero-order valence-electron chi connectivity index (χ0n) is 22.5. The fourth-order valence-corrected chi connectivity index (χ4v) is 6.00. The van der Waals surface area contributed by atoms with E-state index in [1.54, 1.807) is 6.07 Å². The van der Waals surface area contributed by atoms with E-state index in [2.05, 4.69) is 25.9 Å². The van der Waals surface area contributed by atoms with Gasteiger partial charge >= 0.3 is 6.18 Å². The van der Waals surface area contributed by atoms with Crippen LogP contribution in [0.1, 0.15) is 77.9 Å². The van der Waals surface area contributed by atoms with Gasteiger partial charge in [-0.2, -0.15) is 18.3 Å². The van der Waals surface area contributed by atoms with Crippen LogP contribution in [0.25, 0.3) is 5.65 Å².